The predicted octanol–water partition coefficient (Wildman–Crippen LogP) is 19.2. The molecular formula is C66H37N3S2. The van der Waals surface area contributed by atoms with E-state index >= 15 is 0 Å². The number of thiophene rings is 2. The van der Waals surface area contributed by atoms with Gasteiger partial charge < -0.3 is 13.7 Å². The zero-order chi connectivity index (χ0) is 46.1. The Morgan fingerprint density at radius 2 is 0.634 bits per heavy atom. The van der Waals surface area contributed by atoms with Crippen molar-refractivity contribution in [1.29, 1.82) is 0 Å². The van der Waals surface area contributed by atoms with Crippen molar-refractivity contribution in [3.8, 4) is 17.1 Å². The van der Waals surface area contributed by atoms with Gasteiger partial charge in [-0.1, -0.05) is 158 Å². The maximum absolute atomic E-state index is 2.56. The van der Waals surface area contributed by atoms with Crippen molar-refractivity contribution in [1.82, 2.24) is 13.7 Å². The summed E-state index contributed by atoms with van der Waals surface area (Å²) in [5.74, 6) is 0. The van der Waals surface area contributed by atoms with Crippen LogP contribution in [0, 0.1) is 0 Å². The van der Waals surface area contributed by atoms with Gasteiger partial charge in [0.25, 0.3) is 0 Å². The fraction of sp³-hybridized carbons (Fsp3) is 0. The number of fused-ring (bicyclic) bond motifs is 24. The van der Waals surface area contributed by atoms with Crippen LogP contribution in [0.15, 0.2) is 224 Å². The number of nitrogens with zero attached hydrogens (tertiary/aromatic N) is 3. The molecule has 17 aromatic rings. The van der Waals surface area contributed by atoms with Gasteiger partial charge >= 0.3 is 0 Å². The molecule has 328 valence electrons. The molecule has 0 aliphatic heterocycles. The molecule has 0 radical (unpaired) electrons. The molecule has 5 aromatic heterocycles. The molecule has 12 aromatic carbocycles. The highest BCUT2D eigenvalue weighted by Crippen LogP contribution is 2.51. The second-order valence-corrected chi connectivity index (χ2v) is 21.2. The molecule has 0 aliphatic carbocycles. The van der Waals surface area contributed by atoms with Crippen LogP contribution < -0.4 is 0 Å². The average Bonchev–Trinajstić information content (AvgIpc) is 4.25. The van der Waals surface area contributed by atoms with E-state index in [-0.39, 0.29) is 0 Å². The summed E-state index contributed by atoms with van der Waals surface area (Å²) in [5.41, 5.74) is 10.8. The zero-order valence-corrected chi connectivity index (χ0v) is 39.7. The molecule has 17 rings (SSSR count). The van der Waals surface area contributed by atoms with Gasteiger partial charge in [0.1, 0.15) is 0 Å². The summed E-state index contributed by atoms with van der Waals surface area (Å²) < 4.78 is 12.9. The van der Waals surface area contributed by atoms with E-state index in [9.17, 15) is 0 Å². The lowest BCUT2D eigenvalue weighted by Crippen LogP contribution is -1.97. The van der Waals surface area contributed by atoms with Gasteiger partial charge in [0.15, 0.2) is 0 Å². The van der Waals surface area contributed by atoms with Crippen LogP contribution in [0.25, 0.3) is 155 Å². The molecule has 5 heteroatoms. The topological polar surface area (TPSA) is 14.8 Å². The Labute approximate surface area is 413 Å². The van der Waals surface area contributed by atoms with Crippen molar-refractivity contribution in [3.05, 3.63) is 224 Å². The first kappa shape index (κ1) is 38.1. The Bertz CT molecular complexity index is 4900. The summed E-state index contributed by atoms with van der Waals surface area (Å²) in [5, 5.41) is 20.5. The molecule has 0 spiro atoms. The van der Waals surface area contributed by atoms with E-state index in [0.717, 1.165) is 11.4 Å². The second kappa shape index (κ2) is 14.0. The number of hydrogen-bond acceptors (Lipinski definition) is 2. The number of hydrogen-bond donors (Lipinski definition) is 0. The van der Waals surface area contributed by atoms with Crippen molar-refractivity contribution >= 4 is 161 Å². The van der Waals surface area contributed by atoms with Crippen molar-refractivity contribution in [2.24, 2.45) is 0 Å². The van der Waals surface area contributed by atoms with Gasteiger partial charge in [-0.3, -0.25) is 0 Å². The minimum Gasteiger partial charge on any atom is -0.309 e. The number of rotatable bonds is 3. The van der Waals surface area contributed by atoms with Crippen LogP contribution in [0.2, 0.25) is 0 Å². The van der Waals surface area contributed by atoms with Crippen molar-refractivity contribution in [2.45, 2.75) is 0 Å². The number of benzene rings is 12. The molecule has 5 heterocycles. The van der Waals surface area contributed by atoms with Gasteiger partial charge in [-0.25, -0.2) is 0 Å². The summed E-state index contributed by atoms with van der Waals surface area (Å²) in [7, 11) is 0. The Morgan fingerprint density at radius 1 is 0.254 bits per heavy atom. The van der Waals surface area contributed by atoms with E-state index in [1.54, 1.807) is 0 Å². The standard InChI is InChI=1S/C66H37N3S2/c1-2-18-41-38(16-1)17-15-29-52(41)69-55-34-32-39(67-53-27-11-7-23-46(53)59-42-19-3-5-21-44(42)61-48-25-9-13-30-57(48)70-65(61)63(59)67)36-50(55)51-37-40(33-35-56(51)69)68-54-28-12-8-24-47(54)60-43-20-4-6-22-45(43)62-49-26-10-14-31-58(49)71-66(62)64(60)68/h1-37H. The largest absolute Gasteiger partial charge is 0.309 e. The van der Waals surface area contributed by atoms with Gasteiger partial charge in [0.2, 0.25) is 0 Å². The first-order valence-corrected chi connectivity index (χ1v) is 26.0. The van der Waals surface area contributed by atoms with E-state index < -0.39 is 0 Å². The third kappa shape index (κ3) is 4.96. The smallest absolute Gasteiger partial charge is 0.0726 e. The first-order valence-electron chi connectivity index (χ1n) is 24.3. The Morgan fingerprint density at radius 3 is 1.14 bits per heavy atom. The van der Waals surface area contributed by atoms with Crippen molar-refractivity contribution in [3.63, 3.8) is 0 Å². The predicted molar refractivity (Wildman–Crippen MR) is 308 cm³/mol. The molecule has 0 aliphatic rings. The Kier molecular flexibility index (Phi) is 7.50. The summed E-state index contributed by atoms with van der Waals surface area (Å²) in [6.45, 7) is 0. The van der Waals surface area contributed by atoms with Crippen LogP contribution in [0.1, 0.15) is 0 Å². The quantitative estimate of drug-likeness (QED) is 0.168. The van der Waals surface area contributed by atoms with Crippen LogP contribution in [0.5, 0.6) is 0 Å². The van der Waals surface area contributed by atoms with E-state index in [1.165, 1.54) is 144 Å². The van der Waals surface area contributed by atoms with Crippen molar-refractivity contribution < 1.29 is 0 Å². The monoisotopic (exact) mass is 935 g/mol. The van der Waals surface area contributed by atoms with E-state index in [2.05, 4.69) is 238 Å². The molecule has 0 unspecified atom stereocenters. The summed E-state index contributed by atoms with van der Waals surface area (Å²) >= 11 is 3.83. The molecule has 0 saturated carbocycles. The summed E-state index contributed by atoms with van der Waals surface area (Å²) in [6, 6.07) is 84.0. The summed E-state index contributed by atoms with van der Waals surface area (Å²) in [4.78, 5) is 0. The van der Waals surface area contributed by atoms with Crippen LogP contribution in [-0.2, 0) is 0 Å². The summed E-state index contributed by atoms with van der Waals surface area (Å²) in [6.07, 6.45) is 0. The van der Waals surface area contributed by atoms with Crippen molar-refractivity contribution in [2.75, 3.05) is 0 Å². The molecule has 0 saturated heterocycles. The fourth-order valence-corrected chi connectivity index (χ4v) is 15.2. The van der Waals surface area contributed by atoms with Crippen LogP contribution >= 0.6 is 22.7 Å². The maximum atomic E-state index is 2.56. The van der Waals surface area contributed by atoms with Crippen LogP contribution in [0.3, 0.4) is 0 Å². The molecule has 3 nitrogen and oxygen atoms in total. The lowest BCUT2D eigenvalue weighted by atomic mass is 9.99. The molecule has 0 fully saturated rings. The highest BCUT2D eigenvalue weighted by atomic mass is 32.1. The third-order valence-electron chi connectivity index (χ3n) is 15.6. The minimum absolute atomic E-state index is 1.15. The van der Waals surface area contributed by atoms with Gasteiger partial charge in [0, 0.05) is 80.0 Å². The molecule has 71 heavy (non-hydrogen) atoms. The van der Waals surface area contributed by atoms with E-state index in [0.29, 0.717) is 0 Å². The first-order chi connectivity index (χ1) is 35.3. The third-order valence-corrected chi connectivity index (χ3v) is 17.9. The maximum Gasteiger partial charge on any atom is 0.0726 e. The molecular weight excluding hydrogens is 899 g/mol. The minimum atomic E-state index is 1.15. The highest BCUT2D eigenvalue weighted by Gasteiger charge is 2.25. The molecule has 0 bridgehead atoms. The highest BCUT2D eigenvalue weighted by molar-refractivity contribution is 7.27. The van der Waals surface area contributed by atoms with E-state index in [1.807, 2.05) is 22.7 Å². The molecule has 0 amide bonds. The normalized spacial score (nSPS) is 12.5. The average molecular weight is 936 g/mol. The van der Waals surface area contributed by atoms with Gasteiger partial charge in [0.05, 0.1) is 48.2 Å². The lowest BCUT2D eigenvalue weighted by molar-refractivity contribution is 1.17. The molecule has 0 atom stereocenters. The fourth-order valence-electron chi connectivity index (χ4n) is 12.7. The van der Waals surface area contributed by atoms with Gasteiger partial charge in [-0.05, 0) is 93.7 Å². The van der Waals surface area contributed by atoms with Gasteiger partial charge in [-0.2, -0.15) is 0 Å². The van der Waals surface area contributed by atoms with Crippen LogP contribution in [0.4, 0.5) is 0 Å². The van der Waals surface area contributed by atoms with Crippen LogP contribution in [-0.4, -0.2) is 13.7 Å². The number of aromatic nitrogens is 3. The Balaban J connectivity index is 1.02. The number of para-hydroxylation sites is 2. The zero-order valence-electron chi connectivity index (χ0n) is 38.0. The SMILES string of the molecule is c1ccc2c(-n3c4ccc(-n5c6ccccc6c6c7ccccc7c7c8ccccc8sc7c65)cc4c4cc(-n5c6ccccc6c6c7ccccc7c7c8ccccc8sc7c65)ccc43)cccc2c1. The Hall–Kier alpha value is -8.74. The molecule has 0 N–H and O–H groups in total. The van der Waals surface area contributed by atoms with E-state index in [4.69, 9.17) is 0 Å². The second-order valence-electron chi connectivity index (χ2n) is 19.1. The lowest BCUT2D eigenvalue weighted by Gasteiger charge is -2.13. The van der Waals surface area contributed by atoms with Gasteiger partial charge in [-0.15, -0.1) is 22.7 Å².